The van der Waals surface area contributed by atoms with Gasteiger partial charge in [0.05, 0.1) is 5.69 Å². The second-order valence-electron chi connectivity index (χ2n) is 6.06. The number of carbonyl (C=O) groups is 1. The number of carbonyl (C=O) groups excluding carboxylic acids is 1. The third-order valence-electron chi connectivity index (χ3n) is 4.97. The van der Waals surface area contributed by atoms with Crippen molar-refractivity contribution in [3.05, 3.63) is 16.4 Å². The van der Waals surface area contributed by atoms with E-state index < -0.39 is 0 Å². The van der Waals surface area contributed by atoms with Crippen LogP contribution >= 0.6 is 11.6 Å². The lowest BCUT2D eigenvalue weighted by Crippen LogP contribution is -2.40. The molecule has 19 heavy (non-hydrogen) atoms. The van der Waals surface area contributed by atoms with Crippen LogP contribution in [0.15, 0.2) is 0 Å². The van der Waals surface area contributed by atoms with Gasteiger partial charge in [-0.2, -0.15) is 5.10 Å². The molecule has 0 aliphatic heterocycles. The van der Waals surface area contributed by atoms with Gasteiger partial charge < -0.3 is 5.73 Å². The molecular weight excluding hydrogens is 262 g/mol. The molecule has 2 fully saturated rings. The maximum Gasteiger partial charge on any atom is 0.142 e. The molecule has 104 valence electrons. The van der Waals surface area contributed by atoms with E-state index in [2.05, 4.69) is 5.10 Å². The molecule has 0 aromatic carbocycles. The van der Waals surface area contributed by atoms with Crippen molar-refractivity contribution in [1.29, 1.82) is 0 Å². The number of halogens is 1. The Morgan fingerprint density at radius 2 is 2.16 bits per heavy atom. The molecule has 4 nitrogen and oxygen atoms in total. The highest BCUT2D eigenvalue weighted by Crippen LogP contribution is 2.48. The maximum atomic E-state index is 12.6. The van der Waals surface area contributed by atoms with Gasteiger partial charge in [0.2, 0.25) is 0 Å². The lowest BCUT2D eigenvalue weighted by Gasteiger charge is -2.26. The second kappa shape index (κ2) is 4.60. The molecule has 3 rings (SSSR count). The smallest absolute Gasteiger partial charge is 0.142 e. The van der Waals surface area contributed by atoms with Crippen molar-refractivity contribution in [2.75, 3.05) is 0 Å². The number of hydrogen-bond acceptors (Lipinski definition) is 3. The standard InChI is InChI=1S/C14H20ClN3O/c1-7-10(14(15)18(2)17-7)6-11(19)12-8-3-4-9(5-8)13(12)16/h8-9,12-13H,3-6,16H2,1-2H3. The van der Waals surface area contributed by atoms with E-state index in [4.69, 9.17) is 17.3 Å². The van der Waals surface area contributed by atoms with E-state index in [0.29, 0.717) is 23.4 Å². The summed E-state index contributed by atoms with van der Waals surface area (Å²) in [5.41, 5.74) is 7.94. The van der Waals surface area contributed by atoms with Crippen molar-refractivity contribution < 1.29 is 4.79 Å². The Kier molecular flexibility index (Phi) is 3.18. The molecule has 5 heteroatoms. The molecule has 2 bridgehead atoms. The fourth-order valence-corrected chi connectivity index (χ4v) is 4.22. The molecule has 0 spiro atoms. The molecule has 2 N–H and O–H groups in total. The number of ketones is 1. The zero-order valence-corrected chi connectivity index (χ0v) is 12.2. The average molecular weight is 282 g/mol. The van der Waals surface area contributed by atoms with Crippen LogP contribution in [0.2, 0.25) is 5.15 Å². The van der Waals surface area contributed by atoms with Crippen molar-refractivity contribution >= 4 is 17.4 Å². The molecule has 0 radical (unpaired) electrons. The van der Waals surface area contributed by atoms with Gasteiger partial charge in [-0.3, -0.25) is 9.48 Å². The Balaban J connectivity index is 1.79. The maximum absolute atomic E-state index is 12.6. The SMILES string of the molecule is Cc1nn(C)c(Cl)c1CC(=O)C1C2CCC(C2)C1N. The van der Waals surface area contributed by atoms with Gasteiger partial charge in [0.15, 0.2) is 0 Å². The van der Waals surface area contributed by atoms with Gasteiger partial charge in [-0.25, -0.2) is 0 Å². The van der Waals surface area contributed by atoms with Crippen LogP contribution in [-0.2, 0) is 18.3 Å². The van der Waals surface area contributed by atoms with Crippen LogP contribution in [0.4, 0.5) is 0 Å². The van der Waals surface area contributed by atoms with Crippen LogP contribution in [0.5, 0.6) is 0 Å². The van der Waals surface area contributed by atoms with E-state index >= 15 is 0 Å². The fourth-order valence-electron chi connectivity index (χ4n) is 3.98. The van der Waals surface area contributed by atoms with Crippen LogP contribution in [0.1, 0.15) is 30.5 Å². The van der Waals surface area contributed by atoms with E-state index in [1.54, 1.807) is 11.7 Å². The number of nitrogens with two attached hydrogens (primary N) is 1. The topological polar surface area (TPSA) is 60.9 Å². The molecule has 2 aliphatic rings. The Morgan fingerprint density at radius 1 is 1.47 bits per heavy atom. The zero-order chi connectivity index (χ0) is 13.7. The lowest BCUT2D eigenvalue weighted by molar-refractivity contribution is -0.124. The summed E-state index contributed by atoms with van der Waals surface area (Å²) >= 11 is 6.20. The first-order chi connectivity index (χ1) is 8.99. The Bertz CT molecular complexity index is 523. The number of rotatable bonds is 3. The molecule has 4 atom stereocenters. The van der Waals surface area contributed by atoms with E-state index in [1.807, 2.05) is 6.92 Å². The van der Waals surface area contributed by atoms with Crippen molar-refractivity contribution in [3.63, 3.8) is 0 Å². The summed E-state index contributed by atoms with van der Waals surface area (Å²) in [6.07, 6.45) is 3.87. The van der Waals surface area contributed by atoms with Crippen molar-refractivity contribution in [2.45, 2.75) is 38.6 Å². The summed E-state index contributed by atoms with van der Waals surface area (Å²) in [7, 11) is 1.80. The van der Waals surface area contributed by atoms with Gasteiger partial charge >= 0.3 is 0 Å². The summed E-state index contributed by atoms with van der Waals surface area (Å²) in [5, 5.41) is 4.83. The van der Waals surface area contributed by atoms with Crippen molar-refractivity contribution in [3.8, 4) is 0 Å². The Labute approximate surface area is 118 Å². The molecule has 1 aromatic rings. The number of Topliss-reactive ketones (excluding diaryl/α,β-unsaturated/α-hetero) is 1. The minimum absolute atomic E-state index is 0.0365. The van der Waals surface area contributed by atoms with Crippen LogP contribution in [0.25, 0.3) is 0 Å². The summed E-state index contributed by atoms with van der Waals surface area (Å²) < 4.78 is 1.63. The summed E-state index contributed by atoms with van der Waals surface area (Å²) in [5.74, 6) is 1.35. The van der Waals surface area contributed by atoms with Gasteiger partial charge in [0.25, 0.3) is 0 Å². The quantitative estimate of drug-likeness (QED) is 0.920. The van der Waals surface area contributed by atoms with Gasteiger partial charge in [-0.1, -0.05) is 11.6 Å². The van der Waals surface area contributed by atoms with Crippen LogP contribution in [0, 0.1) is 24.7 Å². The lowest BCUT2D eigenvalue weighted by atomic mass is 9.80. The van der Waals surface area contributed by atoms with Gasteiger partial charge in [0, 0.05) is 31.0 Å². The number of fused-ring (bicyclic) bond motifs is 2. The number of aromatic nitrogens is 2. The van der Waals surface area contributed by atoms with Crippen molar-refractivity contribution in [2.24, 2.45) is 30.5 Å². The van der Waals surface area contributed by atoms with E-state index in [9.17, 15) is 4.79 Å². The monoisotopic (exact) mass is 281 g/mol. The molecule has 1 heterocycles. The second-order valence-corrected chi connectivity index (χ2v) is 6.42. The first-order valence-electron chi connectivity index (χ1n) is 6.95. The Morgan fingerprint density at radius 3 is 2.68 bits per heavy atom. The molecule has 1 aromatic heterocycles. The minimum atomic E-state index is 0.0365. The van der Waals surface area contributed by atoms with Crippen LogP contribution in [0.3, 0.4) is 0 Å². The molecule has 0 saturated heterocycles. The highest BCUT2D eigenvalue weighted by Gasteiger charge is 2.48. The van der Waals surface area contributed by atoms with E-state index in [0.717, 1.165) is 24.1 Å². The van der Waals surface area contributed by atoms with Gasteiger partial charge in [0.1, 0.15) is 10.9 Å². The summed E-state index contributed by atoms with van der Waals surface area (Å²) in [4.78, 5) is 12.6. The normalized spacial score (nSPS) is 33.1. The van der Waals surface area contributed by atoms with E-state index in [-0.39, 0.29) is 17.7 Å². The minimum Gasteiger partial charge on any atom is -0.327 e. The molecule has 2 aliphatic carbocycles. The van der Waals surface area contributed by atoms with E-state index in [1.165, 1.54) is 6.42 Å². The fraction of sp³-hybridized carbons (Fsp3) is 0.714. The predicted octanol–water partition coefficient (Wildman–Crippen LogP) is 1.87. The largest absolute Gasteiger partial charge is 0.327 e. The third-order valence-corrected chi connectivity index (χ3v) is 5.45. The highest BCUT2D eigenvalue weighted by atomic mass is 35.5. The molecular formula is C14H20ClN3O. The number of aryl methyl sites for hydroxylation is 2. The summed E-state index contributed by atoms with van der Waals surface area (Å²) in [6.45, 7) is 1.90. The first-order valence-corrected chi connectivity index (χ1v) is 7.33. The van der Waals surface area contributed by atoms with Crippen LogP contribution in [-0.4, -0.2) is 21.6 Å². The van der Waals surface area contributed by atoms with Gasteiger partial charge in [-0.15, -0.1) is 0 Å². The van der Waals surface area contributed by atoms with Crippen LogP contribution < -0.4 is 5.73 Å². The average Bonchev–Trinajstić information content (AvgIpc) is 3.00. The van der Waals surface area contributed by atoms with Crippen molar-refractivity contribution in [1.82, 2.24) is 9.78 Å². The first kappa shape index (κ1) is 13.1. The third kappa shape index (κ3) is 2.01. The zero-order valence-electron chi connectivity index (χ0n) is 11.4. The molecule has 0 amide bonds. The van der Waals surface area contributed by atoms with Gasteiger partial charge in [-0.05, 0) is 38.0 Å². The molecule has 2 saturated carbocycles. The molecule has 4 unspecified atom stereocenters. The predicted molar refractivity (Wildman–Crippen MR) is 74.0 cm³/mol. The highest BCUT2D eigenvalue weighted by molar-refractivity contribution is 6.30. The summed E-state index contributed by atoms with van der Waals surface area (Å²) in [6, 6.07) is 0.0574. The number of nitrogens with zero attached hydrogens (tertiary/aromatic N) is 2. The number of hydrogen-bond donors (Lipinski definition) is 1. The Hall–Kier alpha value is -0.870.